The van der Waals surface area contributed by atoms with E-state index in [1.54, 1.807) is 6.07 Å². The summed E-state index contributed by atoms with van der Waals surface area (Å²) in [6, 6.07) is 11.2. The molecule has 1 aromatic heterocycles. The molecule has 0 bridgehead atoms. The van der Waals surface area contributed by atoms with Crippen molar-refractivity contribution in [2.75, 3.05) is 23.3 Å². The van der Waals surface area contributed by atoms with Crippen molar-refractivity contribution in [3.8, 4) is 0 Å². The van der Waals surface area contributed by atoms with Gasteiger partial charge in [-0.15, -0.1) is 0 Å². The lowest BCUT2D eigenvalue weighted by Gasteiger charge is -2.30. The molecule has 0 saturated carbocycles. The topological polar surface area (TPSA) is 71.6 Å². The molecule has 1 saturated heterocycles. The van der Waals surface area contributed by atoms with Gasteiger partial charge in [0.05, 0.1) is 24.0 Å². The van der Waals surface area contributed by atoms with E-state index >= 15 is 0 Å². The molecule has 2 aromatic rings. The summed E-state index contributed by atoms with van der Waals surface area (Å²) in [5.74, 6) is 0.335. The molecule has 0 aliphatic carbocycles. The average Bonchev–Trinajstić information content (AvgIpc) is 3.03. The van der Waals surface area contributed by atoms with Crippen molar-refractivity contribution in [2.24, 2.45) is 0 Å². The van der Waals surface area contributed by atoms with Crippen LogP contribution in [0.4, 0.5) is 17.3 Å². The third-order valence-corrected chi connectivity index (χ3v) is 3.88. The van der Waals surface area contributed by atoms with Gasteiger partial charge in [0, 0.05) is 13.1 Å². The van der Waals surface area contributed by atoms with Crippen molar-refractivity contribution >= 4 is 17.3 Å². The first kappa shape index (κ1) is 14.4. The molecule has 3 rings (SSSR count). The van der Waals surface area contributed by atoms with Crippen LogP contribution in [0, 0.1) is 10.1 Å². The summed E-state index contributed by atoms with van der Waals surface area (Å²) in [6.07, 6.45) is 3.74. The standard InChI is InChI=1S/C16H19N3O3/c20-19(21)16-9-8-13(22-16)12-17-14-6-2-3-7-15(14)18-10-4-1-5-11-18/h2-3,6-9,17H,1,4-5,10-12H2. The third kappa shape index (κ3) is 3.21. The van der Waals surface area contributed by atoms with Crippen molar-refractivity contribution in [3.05, 3.63) is 52.3 Å². The molecule has 1 fully saturated rings. The average molecular weight is 301 g/mol. The molecule has 1 aliphatic heterocycles. The number of anilines is 2. The van der Waals surface area contributed by atoms with E-state index in [1.165, 1.54) is 31.0 Å². The summed E-state index contributed by atoms with van der Waals surface area (Å²) in [7, 11) is 0. The maximum atomic E-state index is 10.6. The summed E-state index contributed by atoms with van der Waals surface area (Å²) < 4.78 is 5.18. The fraction of sp³-hybridized carbons (Fsp3) is 0.375. The lowest BCUT2D eigenvalue weighted by molar-refractivity contribution is -0.402. The molecule has 22 heavy (non-hydrogen) atoms. The Morgan fingerprint density at radius 1 is 1.14 bits per heavy atom. The summed E-state index contributed by atoms with van der Waals surface area (Å²) in [6.45, 7) is 2.58. The Bertz CT molecular complexity index is 648. The fourth-order valence-electron chi connectivity index (χ4n) is 2.78. The minimum atomic E-state index is -0.523. The van der Waals surface area contributed by atoms with E-state index in [-0.39, 0.29) is 5.88 Å². The Morgan fingerprint density at radius 3 is 2.64 bits per heavy atom. The highest BCUT2D eigenvalue weighted by molar-refractivity contribution is 5.70. The maximum absolute atomic E-state index is 10.6. The van der Waals surface area contributed by atoms with Crippen LogP contribution in [-0.2, 0) is 6.54 Å². The van der Waals surface area contributed by atoms with E-state index < -0.39 is 4.92 Å². The number of para-hydroxylation sites is 2. The van der Waals surface area contributed by atoms with E-state index in [0.29, 0.717) is 12.3 Å². The number of furan rings is 1. The van der Waals surface area contributed by atoms with E-state index in [2.05, 4.69) is 16.3 Å². The van der Waals surface area contributed by atoms with Gasteiger partial charge in [0.15, 0.2) is 0 Å². The Morgan fingerprint density at radius 2 is 1.91 bits per heavy atom. The van der Waals surface area contributed by atoms with Crippen LogP contribution in [0.5, 0.6) is 0 Å². The van der Waals surface area contributed by atoms with E-state index in [9.17, 15) is 10.1 Å². The first-order chi connectivity index (χ1) is 10.7. The summed E-state index contributed by atoms with van der Waals surface area (Å²) in [5.41, 5.74) is 2.21. The van der Waals surface area contributed by atoms with Crippen molar-refractivity contribution < 1.29 is 9.34 Å². The Balaban J connectivity index is 1.70. The van der Waals surface area contributed by atoms with E-state index in [4.69, 9.17) is 4.42 Å². The second kappa shape index (κ2) is 6.51. The second-order valence-electron chi connectivity index (χ2n) is 5.42. The Labute approximate surface area is 128 Å². The largest absolute Gasteiger partial charge is 0.433 e. The number of piperidine rings is 1. The van der Waals surface area contributed by atoms with Crippen LogP contribution >= 0.6 is 0 Å². The van der Waals surface area contributed by atoms with E-state index in [0.717, 1.165) is 18.8 Å². The predicted molar refractivity (Wildman–Crippen MR) is 85.2 cm³/mol. The minimum Gasteiger partial charge on any atom is -0.404 e. The smallest absolute Gasteiger partial charge is 0.404 e. The molecule has 1 aromatic carbocycles. The van der Waals surface area contributed by atoms with Crippen molar-refractivity contribution in [1.82, 2.24) is 0 Å². The van der Waals surface area contributed by atoms with Gasteiger partial charge < -0.3 is 14.6 Å². The number of nitrogens with one attached hydrogen (secondary N) is 1. The van der Waals surface area contributed by atoms with Gasteiger partial charge in [-0.1, -0.05) is 12.1 Å². The van der Waals surface area contributed by atoms with Crippen LogP contribution in [0.2, 0.25) is 0 Å². The van der Waals surface area contributed by atoms with Gasteiger partial charge in [-0.2, -0.15) is 0 Å². The number of nitrogens with zero attached hydrogens (tertiary/aromatic N) is 2. The molecule has 0 amide bonds. The quantitative estimate of drug-likeness (QED) is 0.672. The minimum absolute atomic E-state index is 0.221. The molecule has 1 aliphatic rings. The van der Waals surface area contributed by atoms with Crippen LogP contribution in [0.3, 0.4) is 0 Å². The molecule has 0 radical (unpaired) electrons. The van der Waals surface area contributed by atoms with Crippen LogP contribution in [0.25, 0.3) is 0 Å². The van der Waals surface area contributed by atoms with Gasteiger partial charge >= 0.3 is 5.88 Å². The molecule has 0 spiro atoms. The second-order valence-corrected chi connectivity index (χ2v) is 5.42. The predicted octanol–water partition coefficient (Wildman–Crippen LogP) is 3.79. The molecular weight excluding hydrogens is 282 g/mol. The van der Waals surface area contributed by atoms with Crippen LogP contribution < -0.4 is 10.2 Å². The normalized spacial score (nSPS) is 14.8. The Kier molecular flexibility index (Phi) is 4.27. The first-order valence-corrected chi connectivity index (χ1v) is 7.55. The monoisotopic (exact) mass is 301 g/mol. The van der Waals surface area contributed by atoms with Crippen LogP contribution in [0.1, 0.15) is 25.0 Å². The van der Waals surface area contributed by atoms with Crippen LogP contribution in [0.15, 0.2) is 40.8 Å². The molecule has 116 valence electrons. The van der Waals surface area contributed by atoms with E-state index in [1.807, 2.05) is 18.2 Å². The molecule has 6 heteroatoms. The highest BCUT2D eigenvalue weighted by Crippen LogP contribution is 2.29. The lowest BCUT2D eigenvalue weighted by Crippen LogP contribution is -2.30. The zero-order valence-corrected chi connectivity index (χ0v) is 12.3. The number of nitro groups is 1. The Hall–Kier alpha value is -2.50. The summed E-state index contributed by atoms with van der Waals surface area (Å²) in [4.78, 5) is 12.5. The maximum Gasteiger partial charge on any atom is 0.433 e. The zero-order valence-electron chi connectivity index (χ0n) is 12.3. The highest BCUT2D eigenvalue weighted by Gasteiger charge is 2.15. The third-order valence-electron chi connectivity index (χ3n) is 3.88. The highest BCUT2D eigenvalue weighted by atomic mass is 16.6. The van der Waals surface area contributed by atoms with Gasteiger partial charge in [-0.3, -0.25) is 10.1 Å². The first-order valence-electron chi connectivity index (χ1n) is 7.55. The molecule has 0 unspecified atom stereocenters. The number of hydrogen-bond acceptors (Lipinski definition) is 5. The van der Waals surface area contributed by atoms with Gasteiger partial charge in [0.2, 0.25) is 0 Å². The summed E-state index contributed by atoms with van der Waals surface area (Å²) in [5, 5.41) is 14.0. The molecule has 1 N–H and O–H groups in total. The van der Waals surface area contributed by atoms with Crippen molar-refractivity contribution in [1.29, 1.82) is 0 Å². The number of benzene rings is 1. The fourth-order valence-corrected chi connectivity index (χ4v) is 2.78. The molecule has 6 nitrogen and oxygen atoms in total. The van der Waals surface area contributed by atoms with Crippen molar-refractivity contribution in [2.45, 2.75) is 25.8 Å². The molecular formula is C16H19N3O3. The number of hydrogen-bond donors (Lipinski definition) is 1. The lowest BCUT2D eigenvalue weighted by atomic mass is 10.1. The van der Waals surface area contributed by atoms with Gasteiger partial charge in [-0.25, -0.2) is 0 Å². The zero-order chi connectivity index (χ0) is 15.4. The van der Waals surface area contributed by atoms with Crippen LogP contribution in [-0.4, -0.2) is 18.0 Å². The van der Waals surface area contributed by atoms with Gasteiger partial charge in [-0.05, 0) is 37.5 Å². The summed E-state index contributed by atoms with van der Waals surface area (Å²) >= 11 is 0. The SMILES string of the molecule is O=[N+]([O-])c1ccc(CNc2ccccc2N2CCCCC2)o1. The molecule has 0 atom stereocenters. The van der Waals surface area contributed by atoms with Gasteiger partial charge in [0.25, 0.3) is 0 Å². The number of rotatable bonds is 5. The van der Waals surface area contributed by atoms with Crippen molar-refractivity contribution in [3.63, 3.8) is 0 Å². The molecule has 2 heterocycles. The van der Waals surface area contributed by atoms with Gasteiger partial charge in [0.1, 0.15) is 10.7 Å².